The van der Waals surface area contributed by atoms with Crippen molar-refractivity contribution in [1.82, 2.24) is 9.55 Å². The van der Waals surface area contributed by atoms with Crippen molar-refractivity contribution in [2.45, 2.75) is 24.3 Å². The molecule has 1 heterocycles. The lowest BCUT2D eigenvalue weighted by Crippen LogP contribution is -2.31. The van der Waals surface area contributed by atoms with Gasteiger partial charge in [0.15, 0.2) is 5.16 Å². The molecule has 7 heteroatoms. The minimum Gasteiger partial charge on any atom is -0.497 e. The Labute approximate surface area is 167 Å². The van der Waals surface area contributed by atoms with E-state index in [9.17, 15) is 9.59 Å². The number of amides is 1. The number of nitrogens with one attached hydrogen (secondary N) is 1. The topological polar surface area (TPSA) is 73.2 Å². The van der Waals surface area contributed by atoms with Gasteiger partial charge in [-0.2, -0.15) is 0 Å². The number of para-hydroxylation sites is 1. The summed E-state index contributed by atoms with van der Waals surface area (Å²) < 4.78 is 6.64. The molecule has 0 aliphatic rings. The molecule has 0 aliphatic carbocycles. The summed E-state index contributed by atoms with van der Waals surface area (Å²) in [5, 5.41) is 3.62. The maximum absolute atomic E-state index is 12.9. The molecule has 1 amide bonds. The average molecular weight is 398 g/mol. The summed E-state index contributed by atoms with van der Waals surface area (Å²) in [6.07, 6.45) is 0. The quantitative estimate of drug-likeness (QED) is 0.507. The van der Waals surface area contributed by atoms with Gasteiger partial charge in [-0.1, -0.05) is 37.7 Å². The summed E-state index contributed by atoms with van der Waals surface area (Å²) in [4.78, 5) is 30.1. The van der Waals surface area contributed by atoms with Crippen LogP contribution in [0.5, 0.6) is 5.75 Å². The highest BCUT2D eigenvalue weighted by molar-refractivity contribution is 8.00. The molecule has 3 rings (SSSR count). The second-order valence-electron chi connectivity index (χ2n) is 6.78. The van der Waals surface area contributed by atoms with E-state index in [0.29, 0.717) is 21.7 Å². The number of anilines is 1. The van der Waals surface area contributed by atoms with Crippen molar-refractivity contribution in [2.75, 3.05) is 12.4 Å². The van der Waals surface area contributed by atoms with Crippen LogP contribution in [0.2, 0.25) is 0 Å². The van der Waals surface area contributed by atoms with Crippen LogP contribution < -0.4 is 15.6 Å². The van der Waals surface area contributed by atoms with E-state index in [1.807, 2.05) is 32.0 Å². The molecular weight excluding hydrogens is 374 g/mol. The van der Waals surface area contributed by atoms with Crippen molar-refractivity contribution in [3.8, 4) is 5.75 Å². The molecular formula is C21H23N3O3S. The molecule has 0 saturated heterocycles. The number of carbonyl (C=O) groups excluding carboxylic acids is 1. The van der Waals surface area contributed by atoms with Crippen LogP contribution in [0.1, 0.15) is 13.8 Å². The highest BCUT2D eigenvalue weighted by atomic mass is 32.2. The lowest BCUT2D eigenvalue weighted by atomic mass is 10.1. The molecule has 1 N–H and O–H groups in total. The molecule has 28 heavy (non-hydrogen) atoms. The number of hydrogen-bond donors (Lipinski definition) is 1. The highest BCUT2D eigenvalue weighted by Crippen LogP contribution is 2.28. The second kappa shape index (κ2) is 8.48. The lowest BCUT2D eigenvalue weighted by Gasteiger charge is -2.20. The fourth-order valence-electron chi connectivity index (χ4n) is 2.80. The van der Waals surface area contributed by atoms with Gasteiger partial charge in [-0.25, -0.2) is 4.98 Å². The Hall–Kier alpha value is -2.80. The van der Waals surface area contributed by atoms with Crippen molar-refractivity contribution in [3.05, 3.63) is 58.9 Å². The van der Waals surface area contributed by atoms with Gasteiger partial charge in [0.1, 0.15) is 5.75 Å². The van der Waals surface area contributed by atoms with Gasteiger partial charge in [-0.3, -0.25) is 14.2 Å². The molecule has 6 nitrogen and oxygen atoms in total. The van der Waals surface area contributed by atoms with E-state index >= 15 is 0 Å². The van der Waals surface area contributed by atoms with E-state index < -0.39 is 5.25 Å². The van der Waals surface area contributed by atoms with E-state index in [2.05, 4.69) is 10.3 Å². The van der Waals surface area contributed by atoms with Crippen LogP contribution in [0.4, 0.5) is 5.69 Å². The Balaban J connectivity index is 1.86. The number of aromatic nitrogens is 2. The summed E-state index contributed by atoms with van der Waals surface area (Å²) in [6, 6.07) is 14.4. The number of nitrogens with zero attached hydrogens (tertiary/aromatic N) is 2. The van der Waals surface area contributed by atoms with Crippen molar-refractivity contribution in [2.24, 2.45) is 13.0 Å². The van der Waals surface area contributed by atoms with Gasteiger partial charge < -0.3 is 10.1 Å². The highest BCUT2D eigenvalue weighted by Gasteiger charge is 2.26. The Morgan fingerprint density at radius 2 is 1.82 bits per heavy atom. The van der Waals surface area contributed by atoms with Gasteiger partial charge in [0.05, 0.1) is 23.3 Å². The predicted octanol–water partition coefficient (Wildman–Crippen LogP) is 3.70. The van der Waals surface area contributed by atoms with Crippen molar-refractivity contribution in [3.63, 3.8) is 0 Å². The smallest absolute Gasteiger partial charge is 0.261 e. The molecule has 0 radical (unpaired) electrons. The van der Waals surface area contributed by atoms with Gasteiger partial charge in [-0.15, -0.1) is 0 Å². The zero-order valence-corrected chi connectivity index (χ0v) is 17.1. The maximum Gasteiger partial charge on any atom is 0.261 e. The zero-order chi connectivity index (χ0) is 20.3. The Morgan fingerprint density at radius 3 is 2.46 bits per heavy atom. The van der Waals surface area contributed by atoms with Crippen LogP contribution >= 0.6 is 11.8 Å². The predicted molar refractivity (Wildman–Crippen MR) is 113 cm³/mol. The molecule has 0 aliphatic heterocycles. The van der Waals surface area contributed by atoms with Gasteiger partial charge in [-0.05, 0) is 42.3 Å². The molecule has 0 fully saturated rings. The van der Waals surface area contributed by atoms with Gasteiger partial charge in [0.2, 0.25) is 5.91 Å². The first-order valence-electron chi connectivity index (χ1n) is 8.98. The minimum absolute atomic E-state index is 0.0478. The third-order valence-electron chi connectivity index (χ3n) is 4.40. The number of methoxy groups -OCH3 is 1. The number of benzene rings is 2. The number of ether oxygens (including phenoxy) is 1. The van der Waals surface area contributed by atoms with Gasteiger partial charge in [0, 0.05) is 12.7 Å². The van der Waals surface area contributed by atoms with E-state index in [-0.39, 0.29) is 17.4 Å². The first-order chi connectivity index (χ1) is 13.4. The summed E-state index contributed by atoms with van der Waals surface area (Å²) in [5.41, 5.74) is 1.20. The monoisotopic (exact) mass is 397 g/mol. The van der Waals surface area contributed by atoms with E-state index in [1.54, 1.807) is 44.5 Å². The van der Waals surface area contributed by atoms with Crippen LogP contribution in [0.3, 0.4) is 0 Å². The SMILES string of the molecule is COc1ccc(NC(=O)C(Sc2nc3ccccc3c(=O)n2C)C(C)C)cc1. The zero-order valence-electron chi connectivity index (χ0n) is 16.3. The number of carbonyl (C=O) groups is 1. The third-order valence-corrected chi connectivity index (χ3v) is 5.98. The van der Waals surface area contributed by atoms with Crippen LogP contribution in [-0.2, 0) is 11.8 Å². The summed E-state index contributed by atoms with van der Waals surface area (Å²) in [6.45, 7) is 3.95. The Bertz CT molecular complexity index is 1040. The number of hydrogen-bond acceptors (Lipinski definition) is 5. The van der Waals surface area contributed by atoms with Crippen LogP contribution in [0.25, 0.3) is 10.9 Å². The molecule has 0 saturated carbocycles. The Kier molecular flexibility index (Phi) is 6.04. The second-order valence-corrected chi connectivity index (χ2v) is 7.88. The maximum atomic E-state index is 12.9. The molecule has 0 bridgehead atoms. The van der Waals surface area contributed by atoms with Crippen molar-refractivity contribution >= 4 is 34.3 Å². The molecule has 146 valence electrons. The van der Waals surface area contributed by atoms with Gasteiger partial charge >= 0.3 is 0 Å². The van der Waals surface area contributed by atoms with Crippen LogP contribution in [0.15, 0.2) is 58.5 Å². The summed E-state index contributed by atoms with van der Waals surface area (Å²) in [7, 11) is 3.28. The van der Waals surface area contributed by atoms with Crippen LogP contribution in [-0.4, -0.2) is 27.8 Å². The number of thioether (sulfide) groups is 1. The molecule has 1 atom stereocenters. The standard InChI is InChI=1S/C21H23N3O3S/c1-13(2)18(19(25)22-14-9-11-15(27-4)12-10-14)28-21-23-17-8-6-5-7-16(17)20(26)24(21)3/h5-13,18H,1-4H3,(H,22,25). The molecule has 3 aromatic rings. The third kappa shape index (κ3) is 4.20. The normalized spacial score (nSPS) is 12.2. The van der Waals surface area contributed by atoms with Crippen LogP contribution in [0, 0.1) is 5.92 Å². The van der Waals surface area contributed by atoms with E-state index in [4.69, 9.17) is 4.74 Å². The van der Waals surface area contributed by atoms with Crippen molar-refractivity contribution in [1.29, 1.82) is 0 Å². The first kappa shape index (κ1) is 19.9. The Morgan fingerprint density at radius 1 is 1.14 bits per heavy atom. The molecule has 1 aromatic heterocycles. The largest absolute Gasteiger partial charge is 0.497 e. The van der Waals surface area contributed by atoms with Crippen molar-refractivity contribution < 1.29 is 9.53 Å². The lowest BCUT2D eigenvalue weighted by molar-refractivity contribution is -0.116. The first-order valence-corrected chi connectivity index (χ1v) is 9.86. The van der Waals surface area contributed by atoms with E-state index in [1.165, 1.54) is 16.3 Å². The fraction of sp³-hybridized carbons (Fsp3) is 0.286. The molecule has 0 spiro atoms. The summed E-state index contributed by atoms with van der Waals surface area (Å²) >= 11 is 1.30. The number of rotatable bonds is 6. The number of fused-ring (bicyclic) bond motifs is 1. The van der Waals surface area contributed by atoms with Gasteiger partial charge in [0.25, 0.3) is 5.56 Å². The molecule has 1 unspecified atom stereocenters. The molecule has 2 aromatic carbocycles. The average Bonchev–Trinajstić information content (AvgIpc) is 2.69. The summed E-state index contributed by atoms with van der Waals surface area (Å²) in [5.74, 6) is 0.641. The minimum atomic E-state index is -0.402. The van der Waals surface area contributed by atoms with E-state index in [0.717, 1.165) is 5.75 Å². The fourth-order valence-corrected chi connectivity index (χ4v) is 3.85.